The van der Waals surface area contributed by atoms with E-state index in [9.17, 15) is 13.2 Å². The van der Waals surface area contributed by atoms with Gasteiger partial charge >= 0.3 is 6.05 Å². The summed E-state index contributed by atoms with van der Waals surface area (Å²) < 4.78 is 38.2. The van der Waals surface area contributed by atoms with E-state index in [0.717, 1.165) is 12.4 Å². The lowest BCUT2D eigenvalue weighted by Crippen LogP contribution is -2.31. The summed E-state index contributed by atoms with van der Waals surface area (Å²) in [5.74, 6) is 0.0169. The number of aryl methyl sites for hydroxylation is 1. The molecule has 2 nitrogen and oxygen atoms in total. The Bertz CT molecular complexity index is 272. The fraction of sp³-hybridized carbons (Fsp3) is 0.500. The zero-order chi connectivity index (χ0) is 9.35. The van der Waals surface area contributed by atoms with E-state index in [-0.39, 0.29) is 5.82 Å². The first kappa shape index (κ1) is 9.38. The molecule has 1 aromatic heterocycles. The summed E-state index contributed by atoms with van der Waals surface area (Å²) in [7, 11) is 0. The first-order chi connectivity index (χ1) is 5.46. The number of hydrogen-bond acceptors (Lipinski definition) is 1. The van der Waals surface area contributed by atoms with Gasteiger partial charge < -0.3 is 0 Å². The van der Waals surface area contributed by atoms with Crippen molar-refractivity contribution < 1.29 is 13.2 Å². The highest BCUT2D eigenvalue weighted by Crippen LogP contribution is 2.30. The number of nitrogens with zero attached hydrogens (tertiary/aromatic N) is 2. The van der Waals surface area contributed by atoms with Crippen LogP contribution >= 0.6 is 11.6 Å². The van der Waals surface area contributed by atoms with Crippen molar-refractivity contribution in [1.82, 2.24) is 9.55 Å². The van der Waals surface area contributed by atoms with Crippen LogP contribution in [-0.2, 0) is 6.05 Å². The molecule has 0 aromatic carbocycles. The van der Waals surface area contributed by atoms with Crippen LogP contribution < -0.4 is 0 Å². The Balaban J connectivity index is 3.05. The number of hydrogen-bond donors (Lipinski definition) is 0. The van der Waals surface area contributed by atoms with Gasteiger partial charge in [0.15, 0.2) is 0 Å². The molecule has 0 N–H and O–H groups in total. The van der Waals surface area contributed by atoms with Crippen LogP contribution in [-0.4, -0.2) is 15.2 Å². The lowest BCUT2D eigenvalue weighted by atomic mass is 10.5. The minimum absolute atomic E-state index is 0.0169. The molecule has 0 bridgehead atoms. The van der Waals surface area contributed by atoms with E-state index >= 15 is 0 Å². The molecule has 1 rings (SSSR count). The molecular weight excluding hydrogens is 193 g/mol. The highest BCUT2D eigenvalue weighted by molar-refractivity contribution is 6.20. The highest BCUT2D eigenvalue weighted by atomic mass is 35.5. The van der Waals surface area contributed by atoms with Crippen molar-refractivity contribution in [2.45, 2.75) is 18.6 Å². The van der Waals surface area contributed by atoms with Crippen molar-refractivity contribution in [1.29, 1.82) is 0 Å². The molecular formula is C6H6ClF3N2. The molecule has 68 valence electrons. The molecule has 0 aliphatic heterocycles. The molecule has 12 heavy (non-hydrogen) atoms. The number of alkyl halides is 4. The predicted octanol–water partition coefficient (Wildman–Crippen LogP) is 2.28. The average molecular weight is 199 g/mol. The lowest BCUT2D eigenvalue weighted by molar-refractivity contribution is -0.117. The summed E-state index contributed by atoms with van der Waals surface area (Å²) in [5, 5.41) is 0. The molecule has 0 saturated heterocycles. The van der Waals surface area contributed by atoms with E-state index in [1.807, 2.05) is 0 Å². The number of rotatable bonds is 2. The smallest absolute Gasteiger partial charge is 0.272 e. The summed E-state index contributed by atoms with van der Waals surface area (Å²) in [6.45, 7) is 1.34. The van der Waals surface area contributed by atoms with Crippen LogP contribution in [0.2, 0.25) is 0 Å². The first-order valence-electron chi connectivity index (χ1n) is 3.12. The number of halogens is 4. The molecule has 0 aliphatic rings. The molecule has 0 unspecified atom stereocenters. The van der Waals surface area contributed by atoms with Gasteiger partial charge in [0.25, 0.3) is 5.63 Å². The van der Waals surface area contributed by atoms with E-state index in [1.165, 1.54) is 6.92 Å². The van der Waals surface area contributed by atoms with Gasteiger partial charge in [-0.15, -0.1) is 0 Å². The van der Waals surface area contributed by atoms with Crippen LogP contribution in [0.25, 0.3) is 0 Å². The molecule has 0 radical (unpaired) electrons. The third-order valence-corrected chi connectivity index (χ3v) is 1.67. The molecule has 6 heteroatoms. The summed E-state index contributed by atoms with van der Waals surface area (Å²) in [4.78, 5) is 3.52. The van der Waals surface area contributed by atoms with Crippen LogP contribution in [0.3, 0.4) is 0 Å². The third kappa shape index (κ3) is 1.41. The van der Waals surface area contributed by atoms with E-state index in [1.54, 1.807) is 0 Å². The lowest BCUT2D eigenvalue weighted by Gasteiger charge is -2.18. The average Bonchev–Trinajstić information content (AvgIpc) is 2.35. The van der Waals surface area contributed by atoms with Crippen molar-refractivity contribution in [3.05, 3.63) is 18.2 Å². The second-order valence-corrected chi connectivity index (χ2v) is 2.62. The SMILES string of the molecule is Cc1nccn1C(F)(F)[C@@H](F)Cl. The van der Waals surface area contributed by atoms with Crippen molar-refractivity contribution in [3.63, 3.8) is 0 Å². The van der Waals surface area contributed by atoms with E-state index in [0.29, 0.717) is 4.57 Å². The van der Waals surface area contributed by atoms with Gasteiger partial charge in [-0.25, -0.2) is 9.37 Å². The van der Waals surface area contributed by atoms with E-state index in [2.05, 4.69) is 16.6 Å². The molecule has 0 fully saturated rings. The zero-order valence-corrected chi connectivity index (χ0v) is 6.89. The molecule has 1 aromatic rings. The Morgan fingerprint density at radius 3 is 2.58 bits per heavy atom. The molecule has 0 aliphatic carbocycles. The molecule has 1 atom stereocenters. The highest BCUT2D eigenvalue weighted by Gasteiger charge is 2.41. The zero-order valence-electron chi connectivity index (χ0n) is 6.14. The fourth-order valence-electron chi connectivity index (χ4n) is 0.798. The Morgan fingerprint density at radius 1 is 1.67 bits per heavy atom. The van der Waals surface area contributed by atoms with Crippen LogP contribution in [0.15, 0.2) is 12.4 Å². The largest absolute Gasteiger partial charge is 0.375 e. The number of aromatic nitrogens is 2. The normalized spacial score (nSPS) is 14.8. The van der Waals surface area contributed by atoms with Crippen LogP contribution in [0.5, 0.6) is 0 Å². The summed E-state index contributed by atoms with van der Waals surface area (Å²) >= 11 is 4.67. The van der Waals surface area contributed by atoms with Crippen LogP contribution in [0.4, 0.5) is 13.2 Å². The molecule has 0 amide bonds. The third-order valence-electron chi connectivity index (χ3n) is 1.41. The van der Waals surface area contributed by atoms with Crippen LogP contribution in [0, 0.1) is 6.92 Å². The van der Waals surface area contributed by atoms with Gasteiger partial charge in [0.05, 0.1) is 0 Å². The fourth-order valence-corrected chi connectivity index (χ4v) is 0.903. The molecule has 0 saturated carbocycles. The minimum atomic E-state index is -3.73. The van der Waals surface area contributed by atoms with E-state index in [4.69, 9.17) is 0 Å². The van der Waals surface area contributed by atoms with Crippen molar-refractivity contribution in [2.75, 3.05) is 0 Å². The molecule has 0 spiro atoms. The van der Waals surface area contributed by atoms with Gasteiger partial charge in [-0.05, 0) is 6.92 Å². The van der Waals surface area contributed by atoms with Gasteiger partial charge in [0.1, 0.15) is 5.82 Å². The van der Waals surface area contributed by atoms with Gasteiger partial charge in [0, 0.05) is 12.4 Å². The second kappa shape index (κ2) is 2.97. The second-order valence-electron chi connectivity index (χ2n) is 2.23. The Hall–Kier alpha value is -0.710. The summed E-state index contributed by atoms with van der Waals surface area (Å²) in [5.41, 5.74) is -2.75. The topological polar surface area (TPSA) is 17.8 Å². The Kier molecular flexibility index (Phi) is 2.32. The minimum Gasteiger partial charge on any atom is -0.272 e. The number of imidazole rings is 1. The first-order valence-corrected chi connectivity index (χ1v) is 3.56. The maximum atomic E-state index is 12.8. The monoisotopic (exact) mass is 198 g/mol. The van der Waals surface area contributed by atoms with Crippen LogP contribution in [0.1, 0.15) is 5.82 Å². The van der Waals surface area contributed by atoms with E-state index < -0.39 is 11.7 Å². The quantitative estimate of drug-likeness (QED) is 0.667. The maximum Gasteiger partial charge on any atom is 0.375 e. The van der Waals surface area contributed by atoms with Gasteiger partial charge in [0.2, 0.25) is 0 Å². The van der Waals surface area contributed by atoms with Crippen molar-refractivity contribution in [3.8, 4) is 0 Å². The summed E-state index contributed by atoms with van der Waals surface area (Å²) in [6, 6.07) is -3.73. The Morgan fingerprint density at radius 2 is 2.25 bits per heavy atom. The predicted molar refractivity (Wildman–Crippen MR) is 37.9 cm³/mol. The maximum absolute atomic E-state index is 12.8. The standard InChI is InChI=1S/C6H6ClF3N2/c1-4-11-2-3-12(4)6(9,10)5(7)8/h2-3,5H,1H3/t5-/m1/s1. The van der Waals surface area contributed by atoms with Gasteiger partial charge in [-0.2, -0.15) is 8.78 Å². The van der Waals surface area contributed by atoms with Gasteiger partial charge in [-0.1, -0.05) is 11.6 Å². The van der Waals surface area contributed by atoms with Crippen molar-refractivity contribution in [2.24, 2.45) is 0 Å². The Labute approximate surface area is 72.0 Å². The molecule has 1 heterocycles. The van der Waals surface area contributed by atoms with Crippen molar-refractivity contribution >= 4 is 11.6 Å². The van der Waals surface area contributed by atoms with Gasteiger partial charge in [-0.3, -0.25) is 4.57 Å². The summed E-state index contributed by atoms with van der Waals surface area (Å²) in [6.07, 6.45) is 2.13.